The van der Waals surface area contributed by atoms with E-state index in [1.54, 1.807) is 6.92 Å². The average molecular weight is 337 g/mol. The number of halogens is 1. The van der Waals surface area contributed by atoms with Crippen LogP contribution in [0.5, 0.6) is 0 Å². The summed E-state index contributed by atoms with van der Waals surface area (Å²) in [6.07, 6.45) is 3.25. The van der Waals surface area contributed by atoms with E-state index in [1.807, 2.05) is 17.2 Å². The van der Waals surface area contributed by atoms with Crippen molar-refractivity contribution < 1.29 is 4.39 Å². The Balaban J connectivity index is 1.42. The Labute approximate surface area is 146 Å². The van der Waals surface area contributed by atoms with Crippen molar-refractivity contribution in [2.24, 2.45) is 0 Å². The van der Waals surface area contributed by atoms with Gasteiger partial charge in [-0.05, 0) is 30.7 Å². The highest BCUT2D eigenvalue weighted by Crippen LogP contribution is 2.20. The van der Waals surface area contributed by atoms with Gasteiger partial charge in [-0.15, -0.1) is 0 Å². The SMILES string of the molecule is Cc1ncnc(N2CCN(Cc3ccc4ncccc4c3)CC2)c1F. The number of hydrogen-bond acceptors (Lipinski definition) is 5. The van der Waals surface area contributed by atoms with Gasteiger partial charge >= 0.3 is 0 Å². The zero-order chi connectivity index (χ0) is 17.2. The lowest BCUT2D eigenvalue weighted by atomic mass is 10.1. The van der Waals surface area contributed by atoms with Gasteiger partial charge in [0.2, 0.25) is 0 Å². The van der Waals surface area contributed by atoms with Crippen molar-refractivity contribution in [3.05, 3.63) is 59.9 Å². The molecule has 2 aromatic heterocycles. The van der Waals surface area contributed by atoms with E-state index in [2.05, 4.69) is 44.1 Å². The Hall–Kier alpha value is -2.60. The molecule has 4 rings (SSSR count). The second-order valence-corrected chi connectivity index (χ2v) is 6.39. The molecule has 1 saturated heterocycles. The van der Waals surface area contributed by atoms with Gasteiger partial charge in [-0.3, -0.25) is 9.88 Å². The van der Waals surface area contributed by atoms with Crippen LogP contribution in [0.3, 0.4) is 0 Å². The minimum absolute atomic E-state index is 0.307. The first-order valence-corrected chi connectivity index (χ1v) is 8.49. The summed E-state index contributed by atoms with van der Waals surface area (Å²) in [5.41, 5.74) is 2.70. The molecule has 0 N–H and O–H groups in total. The van der Waals surface area contributed by atoms with Gasteiger partial charge in [0.05, 0.1) is 11.2 Å². The van der Waals surface area contributed by atoms with E-state index in [9.17, 15) is 4.39 Å². The molecule has 0 saturated carbocycles. The summed E-state index contributed by atoms with van der Waals surface area (Å²) in [5, 5.41) is 1.16. The molecule has 128 valence electrons. The monoisotopic (exact) mass is 337 g/mol. The molecule has 0 bridgehead atoms. The summed E-state index contributed by atoms with van der Waals surface area (Å²) in [6.45, 7) is 5.86. The van der Waals surface area contributed by atoms with Crippen molar-refractivity contribution in [1.82, 2.24) is 19.9 Å². The standard InChI is InChI=1S/C19H20FN5/c1-14-18(20)19(23-13-22-14)25-9-7-24(8-10-25)12-15-4-5-17-16(11-15)3-2-6-21-17/h2-6,11,13H,7-10,12H2,1H3. The molecule has 1 fully saturated rings. The van der Waals surface area contributed by atoms with Crippen LogP contribution >= 0.6 is 0 Å². The maximum absolute atomic E-state index is 14.2. The van der Waals surface area contributed by atoms with E-state index >= 15 is 0 Å². The van der Waals surface area contributed by atoms with Gasteiger partial charge in [-0.25, -0.2) is 14.4 Å². The molecule has 1 aliphatic heterocycles. The largest absolute Gasteiger partial charge is 0.352 e. The molecular weight excluding hydrogens is 317 g/mol. The summed E-state index contributed by atoms with van der Waals surface area (Å²) in [5.74, 6) is 0.113. The van der Waals surface area contributed by atoms with Crippen LogP contribution in [0.25, 0.3) is 10.9 Å². The van der Waals surface area contributed by atoms with Crippen LogP contribution in [0.4, 0.5) is 10.2 Å². The van der Waals surface area contributed by atoms with Crippen molar-refractivity contribution in [3.8, 4) is 0 Å². The molecule has 6 heteroatoms. The normalized spacial score (nSPS) is 15.7. The minimum Gasteiger partial charge on any atom is -0.352 e. The van der Waals surface area contributed by atoms with Crippen LogP contribution in [0.15, 0.2) is 42.9 Å². The van der Waals surface area contributed by atoms with Gasteiger partial charge in [-0.2, -0.15) is 0 Å². The number of piperazine rings is 1. The number of aryl methyl sites for hydroxylation is 1. The van der Waals surface area contributed by atoms with Crippen molar-refractivity contribution in [2.45, 2.75) is 13.5 Å². The number of benzene rings is 1. The smallest absolute Gasteiger partial charge is 0.186 e. The summed E-state index contributed by atoms with van der Waals surface area (Å²) >= 11 is 0. The highest BCUT2D eigenvalue weighted by atomic mass is 19.1. The van der Waals surface area contributed by atoms with E-state index in [-0.39, 0.29) is 5.82 Å². The second-order valence-electron chi connectivity index (χ2n) is 6.39. The van der Waals surface area contributed by atoms with Crippen LogP contribution in [-0.2, 0) is 6.54 Å². The van der Waals surface area contributed by atoms with Crippen molar-refractivity contribution in [2.75, 3.05) is 31.1 Å². The Morgan fingerprint density at radius 1 is 1.04 bits per heavy atom. The maximum Gasteiger partial charge on any atom is 0.186 e. The second kappa shape index (κ2) is 6.72. The van der Waals surface area contributed by atoms with Crippen LogP contribution in [0, 0.1) is 12.7 Å². The van der Waals surface area contributed by atoms with Crippen molar-refractivity contribution in [1.29, 1.82) is 0 Å². The van der Waals surface area contributed by atoms with Gasteiger partial charge in [-0.1, -0.05) is 12.1 Å². The fourth-order valence-corrected chi connectivity index (χ4v) is 3.27. The predicted molar refractivity (Wildman–Crippen MR) is 96.0 cm³/mol. The van der Waals surface area contributed by atoms with E-state index in [4.69, 9.17) is 0 Å². The minimum atomic E-state index is -0.307. The molecule has 0 radical (unpaired) electrons. The first kappa shape index (κ1) is 15.9. The summed E-state index contributed by atoms with van der Waals surface area (Å²) in [4.78, 5) is 16.8. The Morgan fingerprint density at radius 3 is 2.72 bits per heavy atom. The highest BCUT2D eigenvalue weighted by Gasteiger charge is 2.21. The molecule has 1 aliphatic rings. The third-order valence-corrected chi connectivity index (χ3v) is 4.69. The number of aromatic nitrogens is 3. The van der Waals surface area contributed by atoms with Gasteiger partial charge in [0.1, 0.15) is 6.33 Å². The van der Waals surface area contributed by atoms with Crippen molar-refractivity contribution >= 4 is 16.7 Å². The van der Waals surface area contributed by atoms with Gasteiger partial charge in [0, 0.05) is 44.3 Å². The summed E-state index contributed by atoms with van der Waals surface area (Å²) in [7, 11) is 0. The molecule has 0 amide bonds. The van der Waals surface area contributed by atoms with Gasteiger partial charge in [0.25, 0.3) is 0 Å². The maximum atomic E-state index is 14.2. The third kappa shape index (κ3) is 3.30. The number of hydrogen-bond donors (Lipinski definition) is 0. The van der Waals surface area contributed by atoms with E-state index in [0.717, 1.165) is 43.6 Å². The Kier molecular flexibility index (Phi) is 4.28. The molecular formula is C19H20FN5. The van der Waals surface area contributed by atoms with Crippen LogP contribution in [0.1, 0.15) is 11.3 Å². The topological polar surface area (TPSA) is 45.2 Å². The van der Waals surface area contributed by atoms with E-state index in [0.29, 0.717) is 11.5 Å². The molecule has 5 nitrogen and oxygen atoms in total. The lowest BCUT2D eigenvalue weighted by molar-refractivity contribution is 0.248. The summed E-state index contributed by atoms with van der Waals surface area (Å²) < 4.78 is 14.2. The fourth-order valence-electron chi connectivity index (χ4n) is 3.27. The molecule has 3 aromatic rings. The molecule has 0 unspecified atom stereocenters. The lowest BCUT2D eigenvalue weighted by Crippen LogP contribution is -2.46. The molecule has 25 heavy (non-hydrogen) atoms. The molecule has 3 heterocycles. The predicted octanol–water partition coefficient (Wildman–Crippen LogP) is 2.79. The first-order chi connectivity index (χ1) is 12.2. The molecule has 0 atom stereocenters. The molecule has 0 aliphatic carbocycles. The van der Waals surface area contributed by atoms with E-state index in [1.165, 1.54) is 11.9 Å². The van der Waals surface area contributed by atoms with Gasteiger partial charge in [0.15, 0.2) is 11.6 Å². The number of anilines is 1. The van der Waals surface area contributed by atoms with Crippen LogP contribution in [0.2, 0.25) is 0 Å². The number of fused-ring (bicyclic) bond motifs is 1. The summed E-state index contributed by atoms with van der Waals surface area (Å²) in [6, 6.07) is 10.4. The van der Waals surface area contributed by atoms with Crippen LogP contribution < -0.4 is 4.90 Å². The van der Waals surface area contributed by atoms with Crippen molar-refractivity contribution in [3.63, 3.8) is 0 Å². The van der Waals surface area contributed by atoms with Gasteiger partial charge < -0.3 is 4.90 Å². The quantitative estimate of drug-likeness (QED) is 0.735. The zero-order valence-electron chi connectivity index (χ0n) is 14.2. The van der Waals surface area contributed by atoms with E-state index < -0.39 is 0 Å². The molecule has 1 aromatic carbocycles. The lowest BCUT2D eigenvalue weighted by Gasteiger charge is -2.35. The number of rotatable bonds is 3. The Bertz CT molecular complexity index is 890. The molecule has 0 spiro atoms. The number of pyridine rings is 1. The zero-order valence-corrected chi connectivity index (χ0v) is 14.2. The average Bonchev–Trinajstić information content (AvgIpc) is 2.65. The Morgan fingerprint density at radius 2 is 1.88 bits per heavy atom. The first-order valence-electron chi connectivity index (χ1n) is 8.49. The fraction of sp³-hybridized carbons (Fsp3) is 0.316. The highest BCUT2D eigenvalue weighted by molar-refractivity contribution is 5.78. The van der Waals surface area contributed by atoms with Crippen LogP contribution in [-0.4, -0.2) is 46.0 Å². The number of nitrogens with zero attached hydrogens (tertiary/aromatic N) is 5. The third-order valence-electron chi connectivity index (χ3n) is 4.69.